The number of hydrogen-bond acceptors (Lipinski definition) is 11. The van der Waals surface area contributed by atoms with Crippen molar-refractivity contribution in [3.63, 3.8) is 0 Å². The highest BCUT2D eigenvalue weighted by Crippen LogP contribution is 2.46. The summed E-state index contributed by atoms with van der Waals surface area (Å²) in [6.07, 6.45) is -9.35. The average molecular weight is 480 g/mol. The Morgan fingerprint density at radius 3 is 2.41 bits per heavy atom. The molecule has 2 aromatic carbocycles. The Labute approximate surface area is 195 Å². The van der Waals surface area contributed by atoms with Crippen LogP contribution in [-0.4, -0.2) is 86.3 Å². The third-order valence-electron chi connectivity index (χ3n) is 6.20. The number of hydrogen-bond donors (Lipinski definition) is 7. The first-order valence-corrected chi connectivity index (χ1v) is 10.7. The average Bonchev–Trinajstić information content (AvgIpc) is 2.82. The molecule has 0 unspecified atom stereocenters. The highest BCUT2D eigenvalue weighted by atomic mass is 16.7. The molecular weight excluding hydrogens is 452 g/mol. The van der Waals surface area contributed by atoms with Crippen LogP contribution in [-0.2, 0) is 11.2 Å². The van der Waals surface area contributed by atoms with E-state index in [1.54, 1.807) is 13.0 Å². The Bertz CT molecular complexity index is 1040. The van der Waals surface area contributed by atoms with Gasteiger partial charge in [-0.05, 0) is 24.6 Å². The first kappa shape index (κ1) is 24.3. The number of rotatable bonds is 5. The Morgan fingerprint density at radius 1 is 1.00 bits per heavy atom. The number of aromatic hydroxyl groups is 2. The minimum Gasteiger partial charge on any atom is -0.507 e. The molecule has 4 rings (SSSR count). The standard InChI is InChI=1S/C23H28O11/c1-9-13(26)7-15-11(21(9)34-23-20(30)19(29)18(28)17(8-24)33-23)6-14(27)22(32-15)10-3-4-12(25)16(5-10)31-2/h3-5,7,14,17-20,22-30H,6,8H2,1-2H3/t14-,17-,18-,19+,20-,22-,23+/m1/s1. The molecule has 186 valence electrons. The van der Waals surface area contributed by atoms with Crippen LogP contribution < -0.4 is 14.2 Å². The molecular formula is C23H28O11. The van der Waals surface area contributed by atoms with E-state index in [0.29, 0.717) is 11.1 Å². The summed E-state index contributed by atoms with van der Waals surface area (Å²) in [6, 6.07) is 5.91. The molecule has 0 spiro atoms. The quantitative estimate of drug-likeness (QED) is 0.297. The van der Waals surface area contributed by atoms with E-state index in [1.807, 2.05) is 0 Å². The smallest absolute Gasteiger partial charge is 0.229 e. The predicted octanol–water partition coefficient (Wildman–Crippen LogP) is -0.369. The zero-order chi connectivity index (χ0) is 24.7. The number of fused-ring (bicyclic) bond motifs is 1. The van der Waals surface area contributed by atoms with Gasteiger partial charge in [0.05, 0.1) is 19.8 Å². The SMILES string of the molecule is COc1cc([C@H]2Oc3cc(O)c(C)c(O[C@@H]4O[C@H](CO)[C@@H](O)[C@H](O)[C@H]4O)c3C[C@H]2O)ccc1O. The van der Waals surface area contributed by atoms with Crippen molar-refractivity contribution in [2.75, 3.05) is 13.7 Å². The number of ether oxygens (including phenoxy) is 4. The second-order valence-electron chi connectivity index (χ2n) is 8.38. The Morgan fingerprint density at radius 2 is 1.74 bits per heavy atom. The van der Waals surface area contributed by atoms with E-state index in [2.05, 4.69) is 0 Å². The van der Waals surface area contributed by atoms with Gasteiger partial charge < -0.3 is 54.7 Å². The van der Waals surface area contributed by atoms with E-state index in [4.69, 9.17) is 18.9 Å². The van der Waals surface area contributed by atoms with E-state index in [-0.39, 0.29) is 40.7 Å². The van der Waals surface area contributed by atoms with Crippen molar-refractivity contribution in [3.05, 3.63) is 41.0 Å². The molecule has 34 heavy (non-hydrogen) atoms. The molecule has 1 fully saturated rings. The van der Waals surface area contributed by atoms with Gasteiger partial charge in [0.25, 0.3) is 0 Å². The lowest BCUT2D eigenvalue weighted by atomic mass is 9.92. The summed E-state index contributed by atoms with van der Waals surface area (Å²) in [4.78, 5) is 0. The van der Waals surface area contributed by atoms with Crippen LogP contribution in [0.2, 0.25) is 0 Å². The van der Waals surface area contributed by atoms with Crippen LogP contribution in [0.1, 0.15) is 22.8 Å². The normalized spacial score (nSPS) is 30.9. The van der Waals surface area contributed by atoms with E-state index in [1.165, 1.54) is 25.3 Å². The fourth-order valence-corrected chi connectivity index (χ4v) is 4.21. The molecule has 11 nitrogen and oxygen atoms in total. The molecule has 0 aliphatic carbocycles. The van der Waals surface area contributed by atoms with Gasteiger partial charge in [-0.15, -0.1) is 0 Å². The van der Waals surface area contributed by atoms with Crippen molar-refractivity contribution in [2.24, 2.45) is 0 Å². The Balaban J connectivity index is 1.67. The highest BCUT2D eigenvalue weighted by Gasteiger charge is 2.45. The molecule has 7 atom stereocenters. The molecule has 1 saturated heterocycles. The number of aliphatic hydroxyl groups is 5. The third kappa shape index (κ3) is 4.22. The lowest BCUT2D eigenvalue weighted by molar-refractivity contribution is -0.277. The molecule has 2 aliphatic rings. The summed E-state index contributed by atoms with van der Waals surface area (Å²) in [5.41, 5.74) is 1.20. The number of phenolic OH excluding ortho intramolecular Hbond substituents is 2. The molecule has 2 aliphatic heterocycles. The van der Waals surface area contributed by atoms with Crippen molar-refractivity contribution < 1.29 is 54.7 Å². The van der Waals surface area contributed by atoms with Crippen LogP contribution in [0, 0.1) is 6.92 Å². The van der Waals surface area contributed by atoms with Crippen molar-refractivity contribution in [3.8, 4) is 28.7 Å². The van der Waals surface area contributed by atoms with Crippen LogP contribution in [0.5, 0.6) is 28.7 Å². The van der Waals surface area contributed by atoms with Crippen LogP contribution >= 0.6 is 0 Å². The van der Waals surface area contributed by atoms with Crippen LogP contribution in [0.3, 0.4) is 0 Å². The lowest BCUT2D eigenvalue weighted by Crippen LogP contribution is -2.60. The summed E-state index contributed by atoms with van der Waals surface area (Å²) < 4.78 is 22.3. The maximum Gasteiger partial charge on any atom is 0.229 e. The van der Waals surface area contributed by atoms with Gasteiger partial charge in [0, 0.05) is 23.6 Å². The summed E-state index contributed by atoms with van der Waals surface area (Å²) in [6.45, 7) is 0.930. The molecule has 0 bridgehead atoms. The Hall–Kier alpha value is -2.80. The molecule has 0 aromatic heterocycles. The largest absolute Gasteiger partial charge is 0.507 e. The number of aliphatic hydroxyl groups excluding tert-OH is 5. The van der Waals surface area contributed by atoms with Gasteiger partial charge in [-0.1, -0.05) is 6.07 Å². The molecule has 7 N–H and O–H groups in total. The van der Waals surface area contributed by atoms with Gasteiger partial charge in [0.15, 0.2) is 11.5 Å². The van der Waals surface area contributed by atoms with Gasteiger partial charge >= 0.3 is 0 Å². The minimum absolute atomic E-state index is 0.0388. The van der Waals surface area contributed by atoms with E-state index in [9.17, 15) is 35.7 Å². The first-order valence-electron chi connectivity index (χ1n) is 10.7. The second kappa shape index (κ2) is 9.45. The minimum atomic E-state index is -1.65. The van der Waals surface area contributed by atoms with E-state index < -0.39 is 49.5 Å². The van der Waals surface area contributed by atoms with Gasteiger partial charge in [-0.25, -0.2) is 0 Å². The zero-order valence-electron chi connectivity index (χ0n) is 18.5. The molecule has 2 aromatic rings. The zero-order valence-corrected chi connectivity index (χ0v) is 18.5. The summed E-state index contributed by atoms with van der Waals surface area (Å²) in [7, 11) is 1.40. The van der Waals surface area contributed by atoms with Crippen molar-refractivity contribution in [1.82, 2.24) is 0 Å². The highest BCUT2D eigenvalue weighted by molar-refractivity contribution is 5.58. The van der Waals surface area contributed by atoms with Gasteiger partial charge in [-0.3, -0.25) is 0 Å². The fourth-order valence-electron chi connectivity index (χ4n) is 4.21. The third-order valence-corrected chi connectivity index (χ3v) is 6.20. The summed E-state index contributed by atoms with van der Waals surface area (Å²) in [5, 5.41) is 71.0. The topological polar surface area (TPSA) is 179 Å². The molecule has 11 heteroatoms. The van der Waals surface area contributed by atoms with Crippen LogP contribution in [0.15, 0.2) is 24.3 Å². The first-order chi connectivity index (χ1) is 16.2. The molecule has 2 heterocycles. The summed E-state index contributed by atoms with van der Waals surface area (Å²) in [5.74, 6) is 0.236. The second-order valence-corrected chi connectivity index (χ2v) is 8.38. The van der Waals surface area contributed by atoms with Crippen LogP contribution in [0.4, 0.5) is 0 Å². The lowest BCUT2D eigenvalue weighted by Gasteiger charge is -2.40. The van der Waals surface area contributed by atoms with Gasteiger partial charge in [0.1, 0.15) is 47.8 Å². The molecule has 0 saturated carbocycles. The van der Waals surface area contributed by atoms with Crippen LogP contribution in [0.25, 0.3) is 0 Å². The van der Waals surface area contributed by atoms with Crippen molar-refractivity contribution >= 4 is 0 Å². The maximum atomic E-state index is 10.9. The van der Waals surface area contributed by atoms with E-state index >= 15 is 0 Å². The molecule has 0 radical (unpaired) electrons. The van der Waals surface area contributed by atoms with Crippen molar-refractivity contribution in [1.29, 1.82) is 0 Å². The van der Waals surface area contributed by atoms with Gasteiger partial charge in [-0.2, -0.15) is 0 Å². The van der Waals surface area contributed by atoms with E-state index in [0.717, 1.165) is 0 Å². The van der Waals surface area contributed by atoms with Gasteiger partial charge in [0.2, 0.25) is 6.29 Å². The number of benzene rings is 2. The fraction of sp³-hybridized carbons (Fsp3) is 0.478. The van der Waals surface area contributed by atoms with Crippen molar-refractivity contribution in [2.45, 2.75) is 56.3 Å². The molecule has 0 amide bonds. The predicted molar refractivity (Wildman–Crippen MR) is 115 cm³/mol. The monoisotopic (exact) mass is 480 g/mol. The maximum absolute atomic E-state index is 10.9. The number of phenols is 2. The summed E-state index contributed by atoms with van der Waals surface area (Å²) >= 11 is 0. The Kier molecular flexibility index (Phi) is 6.76. The number of methoxy groups -OCH3 is 1.